The van der Waals surface area contributed by atoms with E-state index in [1.807, 2.05) is 34.9 Å². The van der Waals surface area contributed by atoms with Crippen LogP contribution in [0, 0.1) is 5.82 Å². The van der Waals surface area contributed by atoms with Crippen LogP contribution in [-0.2, 0) is 12.3 Å². The number of carbonyl (C=O) groups is 1. The molecule has 0 saturated heterocycles. The van der Waals surface area contributed by atoms with Gasteiger partial charge in [0, 0.05) is 17.6 Å². The maximum Gasteiger partial charge on any atom is 0.254 e. The fourth-order valence-corrected chi connectivity index (χ4v) is 3.80. The highest BCUT2D eigenvalue weighted by atomic mass is 32.2. The molecule has 0 aliphatic heterocycles. The second kappa shape index (κ2) is 9.32. The van der Waals surface area contributed by atoms with E-state index in [4.69, 9.17) is 0 Å². The largest absolute Gasteiger partial charge is 0.345 e. The maximum absolute atomic E-state index is 13.1. The highest BCUT2D eigenvalue weighted by Gasteiger charge is 2.14. The molecule has 30 heavy (non-hydrogen) atoms. The Bertz CT molecular complexity index is 1130. The van der Waals surface area contributed by atoms with E-state index in [1.54, 1.807) is 36.8 Å². The van der Waals surface area contributed by atoms with Gasteiger partial charge >= 0.3 is 0 Å². The third-order valence-corrected chi connectivity index (χ3v) is 5.44. The summed E-state index contributed by atoms with van der Waals surface area (Å²) in [5.41, 5.74) is 2.36. The van der Waals surface area contributed by atoms with Crippen molar-refractivity contribution >= 4 is 17.7 Å². The van der Waals surface area contributed by atoms with Crippen LogP contribution in [0.5, 0.6) is 0 Å². The number of nitrogens with one attached hydrogen (secondary N) is 1. The normalized spacial score (nSPS) is 10.7. The predicted molar refractivity (Wildman–Crippen MR) is 113 cm³/mol. The Hall–Kier alpha value is -3.52. The molecular weight excluding hydrogens is 401 g/mol. The average Bonchev–Trinajstić information content (AvgIpc) is 3.26. The molecule has 2 heterocycles. The number of hydrogen-bond acceptors (Lipinski definition) is 5. The summed E-state index contributed by atoms with van der Waals surface area (Å²) in [7, 11) is 0. The number of hydrogen-bond donors (Lipinski definition) is 1. The molecule has 0 unspecified atom stereocenters. The number of para-hydroxylation sites is 1. The van der Waals surface area contributed by atoms with Crippen molar-refractivity contribution in [3.63, 3.8) is 0 Å². The van der Waals surface area contributed by atoms with Crippen LogP contribution in [0.4, 0.5) is 4.39 Å². The van der Waals surface area contributed by atoms with Crippen LogP contribution >= 0.6 is 11.8 Å². The van der Waals surface area contributed by atoms with Crippen molar-refractivity contribution in [3.8, 4) is 5.69 Å². The van der Waals surface area contributed by atoms with Crippen LogP contribution in [0.1, 0.15) is 21.7 Å². The summed E-state index contributed by atoms with van der Waals surface area (Å²) in [6.45, 7) is 0.227. The van der Waals surface area contributed by atoms with Crippen molar-refractivity contribution in [2.24, 2.45) is 0 Å². The molecule has 1 N–H and O–H groups in total. The highest BCUT2D eigenvalue weighted by Crippen LogP contribution is 2.24. The van der Waals surface area contributed by atoms with Gasteiger partial charge in [-0.25, -0.2) is 9.37 Å². The fourth-order valence-electron chi connectivity index (χ4n) is 2.85. The number of thioether (sulfide) groups is 1. The first-order chi connectivity index (χ1) is 14.7. The monoisotopic (exact) mass is 419 g/mol. The van der Waals surface area contributed by atoms with Gasteiger partial charge in [-0.05, 0) is 42.0 Å². The summed E-state index contributed by atoms with van der Waals surface area (Å²) in [4.78, 5) is 17.1. The van der Waals surface area contributed by atoms with Crippen LogP contribution in [-0.4, -0.2) is 25.7 Å². The van der Waals surface area contributed by atoms with Crippen molar-refractivity contribution in [3.05, 3.63) is 102 Å². The number of nitrogens with zero attached hydrogens (tertiary/aromatic N) is 4. The summed E-state index contributed by atoms with van der Waals surface area (Å²) < 4.78 is 14.9. The molecule has 0 fully saturated rings. The third kappa shape index (κ3) is 4.72. The predicted octanol–water partition coefficient (Wildman–Crippen LogP) is 4.02. The second-order valence-electron chi connectivity index (χ2n) is 6.41. The molecule has 0 aliphatic rings. The summed E-state index contributed by atoms with van der Waals surface area (Å²) in [5.74, 6) is 0.691. The zero-order valence-corrected chi connectivity index (χ0v) is 16.7. The van der Waals surface area contributed by atoms with Gasteiger partial charge in [-0.15, -0.1) is 22.0 Å². The Kier molecular flexibility index (Phi) is 6.14. The maximum atomic E-state index is 13.1. The number of amides is 1. The van der Waals surface area contributed by atoms with Crippen LogP contribution in [0.3, 0.4) is 0 Å². The molecule has 0 atom stereocenters. The van der Waals surface area contributed by atoms with E-state index < -0.39 is 0 Å². The molecule has 0 bridgehead atoms. The van der Waals surface area contributed by atoms with Gasteiger partial charge in [-0.2, -0.15) is 0 Å². The van der Waals surface area contributed by atoms with Gasteiger partial charge in [0.25, 0.3) is 5.91 Å². The van der Waals surface area contributed by atoms with Crippen molar-refractivity contribution in [1.29, 1.82) is 0 Å². The van der Waals surface area contributed by atoms with Crippen molar-refractivity contribution < 1.29 is 9.18 Å². The minimum Gasteiger partial charge on any atom is -0.345 e. The summed E-state index contributed by atoms with van der Waals surface area (Å²) in [6.07, 6.45) is 3.26. The van der Waals surface area contributed by atoms with Gasteiger partial charge in [-0.1, -0.05) is 30.3 Å². The van der Waals surface area contributed by atoms with Crippen molar-refractivity contribution in [2.75, 3.05) is 0 Å². The summed E-state index contributed by atoms with van der Waals surface area (Å²) >= 11 is 1.43. The first kappa shape index (κ1) is 19.8. The second-order valence-corrected chi connectivity index (χ2v) is 7.37. The SMILES string of the molecule is O=C(NCc1nncn1-c1ccccc1)c1cccnc1SCc1ccc(F)cc1. The number of pyridine rings is 1. The molecule has 2 aromatic heterocycles. The smallest absolute Gasteiger partial charge is 0.254 e. The van der Waals surface area contributed by atoms with Crippen molar-refractivity contribution in [2.45, 2.75) is 17.3 Å². The molecule has 8 heteroatoms. The van der Waals surface area contributed by atoms with E-state index in [1.165, 1.54) is 23.9 Å². The molecule has 0 aliphatic carbocycles. The van der Waals surface area contributed by atoms with E-state index in [0.717, 1.165) is 11.3 Å². The van der Waals surface area contributed by atoms with Gasteiger partial charge in [0.1, 0.15) is 17.2 Å². The van der Waals surface area contributed by atoms with Crippen LogP contribution in [0.15, 0.2) is 84.3 Å². The Labute approximate surface area is 177 Å². The van der Waals surface area contributed by atoms with E-state index in [2.05, 4.69) is 20.5 Å². The number of rotatable bonds is 7. The highest BCUT2D eigenvalue weighted by molar-refractivity contribution is 7.98. The summed E-state index contributed by atoms with van der Waals surface area (Å²) in [6, 6.07) is 19.4. The molecule has 0 radical (unpaired) electrons. The molecular formula is C22H18FN5OS. The zero-order valence-electron chi connectivity index (χ0n) is 15.9. The van der Waals surface area contributed by atoms with Crippen LogP contribution in [0.25, 0.3) is 5.69 Å². The standard InChI is InChI=1S/C22H18FN5OS/c23-17-10-8-16(9-11-17)14-30-22-19(7-4-12-24-22)21(29)25-13-20-27-26-15-28(20)18-5-2-1-3-6-18/h1-12,15H,13-14H2,(H,25,29). The van der Waals surface area contributed by atoms with E-state index >= 15 is 0 Å². The molecule has 1 amide bonds. The molecule has 4 rings (SSSR count). The van der Waals surface area contributed by atoms with Crippen LogP contribution in [0.2, 0.25) is 0 Å². The minimum absolute atomic E-state index is 0.227. The fraction of sp³-hybridized carbons (Fsp3) is 0.0909. The van der Waals surface area contributed by atoms with E-state index in [0.29, 0.717) is 22.2 Å². The van der Waals surface area contributed by atoms with Crippen molar-refractivity contribution in [1.82, 2.24) is 25.1 Å². The molecule has 150 valence electrons. The van der Waals surface area contributed by atoms with Gasteiger partial charge in [0.05, 0.1) is 12.1 Å². The zero-order chi connectivity index (χ0) is 20.8. The molecule has 6 nitrogen and oxygen atoms in total. The first-order valence-corrected chi connectivity index (χ1v) is 10.2. The Morgan fingerprint density at radius 1 is 1.03 bits per heavy atom. The van der Waals surface area contributed by atoms with Gasteiger partial charge in [-0.3, -0.25) is 9.36 Å². The quantitative estimate of drug-likeness (QED) is 0.458. The molecule has 4 aromatic rings. The Balaban J connectivity index is 1.43. The number of aromatic nitrogens is 4. The topological polar surface area (TPSA) is 72.7 Å². The molecule has 0 saturated carbocycles. The number of benzene rings is 2. The lowest BCUT2D eigenvalue weighted by Crippen LogP contribution is -2.25. The average molecular weight is 419 g/mol. The lowest BCUT2D eigenvalue weighted by molar-refractivity contribution is 0.0946. The molecule has 0 spiro atoms. The first-order valence-electron chi connectivity index (χ1n) is 9.25. The summed E-state index contributed by atoms with van der Waals surface area (Å²) in [5, 5.41) is 11.6. The van der Waals surface area contributed by atoms with E-state index in [9.17, 15) is 9.18 Å². The number of halogens is 1. The molecule has 2 aromatic carbocycles. The van der Waals surface area contributed by atoms with E-state index in [-0.39, 0.29) is 18.3 Å². The van der Waals surface area contributed by atoms with Gasteiger partial charge < -0.3 is 5.32 Å². The lowest BCUT2D eigenvalue weighted by atomic mass is 10.2. The van der Waals surface area contributed by atoms with Gasteiger partial charge in [0.15, 0.2) is 5.82 Å². The third-order valence-electron chi connectivity index (χ3n) is 4.36. The Morgan fingerprint density at radius 2 is 1.83 bits per heavy atom. The number of carbonyl (C=O) groups excluding carboxylic acids is 1. The Morgan fingerprint density at radius 3 is 2.63 bits per heavy atom. The van der Waals surface area contributed by atoms with Crippen LogP contribution < -0.4 is 5.32 Å². The minimum atomic E-state index is -0.273. The van der Waals surface area contributed by atoms with Gasteiger partial charge in [0.2, 0.25) is 0 Å². The lowest BCUT2D eigenvalue weighted by Gasteiger charge is -2.10.